The number of Topliss-reactive ketones (excluding diaryl/α,β-unsaturated/α-hetero) is 1. The molecule has 1 aliphatic heterocycles. The van der Waals surface area contributed by atoms with Crippen LogP contribution in [0, 0.1) is 23.1 Å². The molecule has 1 atom stereocenters. The maximum absolute atomic E-state index is 15.1. The first-order chi connectivity index (χ1) is 17.6. The minimum atomic E-state index is -2.87. The summed E-state index contributed by atoms with van der Waals surface area (Å²) in [4.78, 5) is 26.1. The lowest BCUT2D eigenvalue weighted by Gasteiger charge is -2.43. The van der Waals surface area contributed by atoms with Gasteiger partial charge in [-0.3, -0.25) is 9.59 Å². The molecule has 4 rings (SSSR count). The summed E-state index contributed by atoms with van der Waals surface area (Å²) < 4.78 is 22.0. The first-order valence-corrected chi connectivity index (χ1v) is 14.4. The van der Waals surface area contributed by atoms with Crippen molar-refractivity contribution in [3.8, 4) is 6.07 Å². The highest BCUT2D eigenvalue weighted by atomic mass is 35.5. The molecule has 1 amide bonds. The van der Waals surface area contributed by atoms with E-state index in [1.54, 1.807) is 0 Å². The zero-order valence-electron chi connectivity index (χ0n) is 21.0. The Morgan fingerprint density at radius 2 is 1.62 bits per heavy atom. The van der Waals surface area contributed by atoms with Gasteiger partial charge in [-0.2, -0.15) is 5.26 Å². The Morgan fingerprint density at radius 1 is 1.05 bits per heavy atom. The molecule has 3 aromatic carbocycles. The van der Waals surface area contributed by atoms with Gasteiger partial charge in [0, 0.05) is 6.54 Å². The highest BCUT2D eigenvalue weighted by Gasteiger charge is 2.50. The van der Waals surface area contributed by atoms with Gasteiger partial charge < -0.3 is 9.33 Å². The number of carbonyl (C=O) groups excluding carboxylic acids is 2. The molecule has 8 heteroatoms. The summed E-state index contributed by atoms with van der Waals surface area (Å²) in [5, 5.41) is 10.9. The van der Waals surface area contributed by atoms with Crippen molar-refractivity contribution in [1.29, 1.82) is 5.26 Å². The first-order valence-electron chi connectivity index (χ1n) is 12.1. The molecule has 0 bridgehead atoms. The summed E-state index contributed by atoms with van der Waals surface area (Å²) in [6.45, 7) is 6.65. The van der Waals surface area contributed by atoms with Gasteiger partial charge in [0.1, 0.15) is 5.92 Å². The number of benzene rings is 3. The Labute approximate surface area is 222 Å². The minimum absolute atomic E-state index is 0.0507. The molecule has 1 saturated heterocycles. The molecular weight excluding hydrogens is 507 g/mol. The second kappa shape index (κ2) is 10.6. The van der Waals surface area contributed by atoms with E-state index in [0.717, 1.165) is 15.3 Å². The highest BCUT2D eigenvalue weighted by Crippen LogP contribution is 2.38. The lowest BCUT2D eigenvalue weighted by molar-refractivity contribution is -0.139. The topological polar surface area (TPSA) is 70.4 Å². The van der Waals surface area contributed by atoms with Crippen molar-refractivity contribution in [3.05, 3.63) is 89.2 Å². The van der Waals surface area contributed by atoms with Gasteiger partial charge in [0.15, 0.2) is 5.82 Å². The van der Waals surface area contributed by atoms with Crippen LogP contribution in [-0.4, -0.2) is 26.6 Å². The van der Waals surface area contributed by atoms with Gasteiger partial charge >= 0.3 is 0 Å². The standard InChI is InChI=1S/C29H28ClFN2O3Si/c1-29(2,3)37(22-10-6-4-7-11-22,23-12-8-5-9-13-23)36-19-20-16-24(30)26(31)25(17-20)33-15-14-21(18-32)27(34)28(33)35/h4-13,16-17,21H,14-15,19H2,1-3H3. The number of hydrogen-bond donors (Lipinski definition) is 0. The third-order valence-corrected chi connectivity index (χ3v) is 12.1. The van der Waals surface area contributed by atoms with E-state index >= 15 is 4.39 Å². The molecule has 37 heavy (non-hydrogen) atoms. The number of ketones is 1. The Hall–Kier alpha value is -3.31. The van der Waals surface area contributed by atoms with Gasteiger partial charge in [0.05, 0.1) is 23.4 Å². The van der Waals surface area contributed by atoms with Crippen molar-refractivity contribution >= 4 is 47.7 Å². The van der Waals surface area contributed by atoms with Crippen molar-refractivity contribution in [3.63, 3.8) is 0 Å². The molecule has 190 valence electrons. The molecule has 0 aliphatic carbocycles. The van der Waals surface area contributed by atoms with Crippen LogP contribution in [-0.2, 0) is 20.6 Å². The van der Waals surface area contributed by atoms with Gasteiger partial charge in [-0.25, -0.2) is 4.39 Å². The quantitative estimate of drug-likeness (QED) is 0.329. The van der Waals surface area contributed by atoms with Crippen LogP contribution in [0.2, 0.25) is 10.1 Å². The average molecular weight is 535 g/mol. The van der Waals surface area contributed by atoms with E-state index in [1.807, 2.05) is 42.5 Å². The van der Waals surface area contributed by atoms with Crippen molar-refractivity contribution in [2.45, 2.75) is 38.8 Å². The number of carbonyl (C=O) groups is 2. The Morgan fingerprint density at radius 3 is 2.14 bits per heavy atom. The van der Waals surface area contributed by atoms with Crippen LogP contribution in [0.5, 0.6) is 0 Å². The molecular formula is C29H28ClFN2O3Si. The number of amides is 1. The highest BCUT2D eigenvalue weighted by molar-refractivity contribution is 6.99. The third kappa shape index (κ3) is 4.97. The molecule has 3 aromatic rings. The van der Waals surface area contributed by atoms with Gasteiger partial charge in [0.25, 0.3) is 14.2 Å². The number of anilines is 1. The summed E-state index contributed by atoms with van der Waals surface area (Å²) in [7, 11) is -2.87. The van der Waals surface area contributed by atoms with Crippen LogP contribution in [0.3, 0.4) is 0 Å². The number of nitrogens with zero attached hydrogens (tertiary/aromatic N) is 2. The Balaban J connectivity index is 1.75. The van der Waals surface area contributed by atoms with E-state index in [0.29, 0.717) is 5.56 Å². The number of hydrogen-bond acceptors (Lipinski definition) is 4. The summed E-state index contributed by atoms with van der Waals surface area (Å²) in [5.41, 5.74) is 0.500. The summed E-state index contributed by atoms with van der Waals surface area (Å²) >= 11 is 6.26. The van der Waals surface area contributed by atoms with E-state index in [9.17, 15) is 9.59 Å². The molecule has 1 heterocycles. The summed E-state index contributed by atoms with van der Waals surface area (Å²) in [6, 6.07) is 25.1. The molecule has 0 radical (unpaired) electrons. The van der Waals surface area contributed by atoms with Crippen molar-refractivity contribution < 1.29 is 18.4 Å². The maximum atomic E-state index is 15.1. The van der Waals surface area contributed by atoms with Crippen LogP contribution in [0.4, 0.5) is 10.1 Å². The van der Waals surface area contributed by atoms with E-state index in [2.05, 4.69) is 45.0 Å². The Kier molecular flexibility index (Phi) is 7.65. The summed E-state index contributed by atoms with van der Waals surface area (Å²) in [5.74, 6) is -3.53. The molecule has 0 spiro atoms. The van der Waals surface area contributed by atoms with Crippen LogP contribution >= 0.6 is 11.6 Å². The fourth-order valence-corrected chi connectivity index (χ4v) is 9.76. The third-order valence-electron chi connectivity index (χ3n) is 6.80. The maximum Gasteiger partial charge on any atom is 0.295 e. The van der Waals surface area contributed by atoms with E-state index in [1.165, 1.54) is 12.1 Å². The number of rotatable bonds is 6. The fourth-order valence-electron chi connectivity index (χ4n) is 4.99. The first kappa shape index (κ1) is 26.7. The molecule has 5 nitrogen and oxygen atoms in total. The van der Waals surface area contributed by atoms with Gasteiger partial charge in [-0.05, 0) is 39.5 Å². The second-order valence-corrected chi connectivity index (χ2v) is 14.9. The fraction of sp³-hybridized carbons (Fsp3) is 0.276. The number of nitriles is 1. The van der Waals surface area contributed by atoms with Crippen LogP contribution in [0.1, 0.15) is 32.8 Å². The predicted octanol–water partition coefficient (Wildman–Crippen LogP) is 5.00. The van der Waals surface area contributed by atoms with Gasteiger partial charge in [0.2, 0.25) is 5.78 Å². The van der Waals surface area contributed by atoms with E-state index < -0.39 is 31.7 Å². The predicted molar refractivity (Wildman–Crippen MR) is 145 cm³/mol. The van der Waals surface area contributed by atoms with Crippen molar-refractivity contribution in [1.82, 2.24) is 0 Å². The zero-order chi connectivity index (χ0) is 26.8. The molecule has 1 aliphatic rings. The lowest BCUT2D eigenvalue weighted by Crippen LogP contribution is -2.66. The monoisotopic (exact) mass is 534 g/mol. The average Bonchev–Trinajstić information content (AvgIpc) is 2.88. The number of piperidine rings is 1. The van der Waals surface area contributed by atoms with Crippen LogP contribution in [0.15, 0.2) is 72.8 Å². The molecule has 0 saturated carbocycles. The van der Waals surface area contributed by atoms with Gasteiger partial charge in [-0.1, -0.05) is 93.0 Å². The largest absolute Gasteiger partial charge is 0.403 e. The smallest absolute Gasteiger partial charge is 0.295 e. The van der Waals surface area contributed by atoms with Crippen LogP contribution < -0.4 is 15.3 Å². The molecule has 0 aromatic heterocycles. The number of halogens is 2. The normalized spacial score (nSPS) is 16.5. The lowest BCUT2D eigenvalue weighted by atomic mass is 9.95. The van der Waals surface area contributed by atoms with Crippen LogP contribution in [0.25, 0.3) is 0 Å². The van der Waals surface area contributed by atoms with Crippen molar-refractivity contribution in [2.75, 3.05) is 11.4 Å². The Bertz CT molecular complexity index is 1310. The summed E-state index contributed by atoms with van der Waals surface area (Å²) in [6.07, 6.45) is 0.140. The zero-order valence-corrected chi connectivity index (χ0v) is 22.8. The van der Waals surface area contributed by atoms with Crippen molar-refractivity contribution in [2.24, 2.45) is 5.92 Å². The van der Waals surface area contributed by atoms with E-state index in [-0.39, 0.29) is 35.3 Å². The molecule has 0 N–H and O–H groups in total. The SMILES string of the molecule is CC(C)(C)[Si](OCc1cc(Cl)c(F)c(N2CCC(C#N)C(=O)C2=O)c1)(c1ccccc1)c1ccccc1. The van der Waals surface area contributed by atoms with E-state index in [4.69, 9.17) is 21.3 Å². The second-order valence-electron chi connectivity index (χ2n) is 10.2. The molecule has 1 fully saturated rings. The molecule has 1 unspecified atom stereocenters. The minimum Gasteiger partial charge on any atom is -0.403 e. The van der Waals surface area contributed by atoms with Gasteiger partial charge in [-0.15, -0.1) is 0 Å².